The normalized spacial score (nSPS) is 13.2. The number of benzene rings is 1. The summed E-state index contributed by atoms with van der Waals surface area (Å²) in [7, 11) is 0. The van der Waals surface area contributed by atoms with E-state index < -0.39 is 17.6 Å². The van der Waals surface area contributed by atoms with Crippen LogP contribution < -0.4 is 11.1 Å². The molecule has 1 aromatic carbocycles. The first kappa shape index (κ1) is 13.3. The van der Waals surface area contributed by atoms with Crippen LogP contribution in [-0.2, 0) is 11.0 Å². The molecular weight excluding hydrogens is 233 g/mol. The van der Waals surface area contributed by atoms with Gasteiger partial charge in [-0.05, 0) is 25.1 Å². The second kappa shape index (κ2) is 5.07. The highest BCUT2D eigenvalue weighted by molar-refractivity contribution is 5.74. The SMILES string of the molecule is CC(CC(N)=O)Nc1cccc(C(F)(F)F)c1. The first-order chi connectivity index (χ1) is 7.79. The van der Waals surface area contributed by atoms with E-state index in [-0.39, 0.29) is 12.5 Å². The topological polar surface area (TPSA) is 55.1 Å². The Balaban J connectivity index is 2.76. The maximum atomic E-state index is 12.4. The summed E-state index contributed by atoms with van der Waals surface area (Å²) in [5, 5.41) is 2.78. The van der Waals surface area contributed by atoms with Gasteiger partial charge in [-0.1, -0.05) is 6.07 Å². The quantitative estimate of drug-likeness (QED) is 0.857. The molecule has 3 nitrogen and oxygen atoms in total. The van der Waals surface area contributed by atoms with Gasteiger partial charge in [-0.3, -0.25) is 4.79 Å². The Bertz CT molecular complexity index is 404. The second-order valence-electron chi connectivity index (χ2n) is 3.79. The molecule has 0 heterocycles. The van der Waals surface area contributed by atoms with Crippen molar-refractivity contribution >= 4 is 11.6 Å². The number of carbonyl (C=O) groups is 1. The maximum Gasteiger partial charge on any atom is 0.416 e. The Morgan fingerprint density at radius 2 is 2.12 bits per heavy atom. The standard InChI is InChI=1S/C11H13F3N2O/c1-7(5-10(15)17)16-9-4-2-3-8(6-9)11(12,13)14/h2-4,6-7,16H,5H2,1H3,(H2,15,17). The van der Waals surface area contributed by atoms with Crippen LogP contribution in [0.4, 0.5) is 18.9 Å². The average Bonchev–Trinajstić information content (AvgIpc) is 2.15. The summed E-state index contributed by atoms with van der Waals surface area (Å²) < 4.78 is 37.2. The fourth-order valence-electron chi connectivity index (χ4n) is 1.42. The summed E-state index contributed by atoms with van der Waals surface area (Å²) >= 11 is 0. The van der Waals surface area contributed by atoms with E-state index in [2.05, 4.69) is 5.32 Å². The van der Waals surface area contributed by atoms with Crippen LogP contribution in [-0.4, -0.2) is 11.9 Å². The van der Waals surface area contributed by atoms with Gasteiger partial charge in [0.15, 0.2) is 0 Å². The third-order valence-corrected chi connectivity index (χ3v) is 2.11. The lowest BCUT2D eigenvalue weighted by Crippen LogP contribution is -2.24. The first-order valence-corrected chi connectivity index (χ1v) is 5.01. The predicted octanol–water partition coefficient (Wildman–Crippen LogP) is 2.38. The van der Waals surface area contributed by atoms with E-state index in [9.17, 15) is 18.0 Å². The van der Waals surface area contributed by atoms with Crippen molar-refractivity contribution in [3.63, 3.8) is 0 Å². The molecule has 0 fully saturated rings. The van der Waals surface area contributed by atoms with Gasteiger partial charge in [0, 0.05) is 18.2 Å². The molecular formula is C11H13F3N2O. The van der Waals surface area contributed by atoms with Crippen molar-refractivity contribution in [2.24, 2.45) is 5.73 Å². The van der Waals surface area contributed by atoms with Gasteiger partial charge >= 0.3 is 6.18 Å². The van der Waals surface area contributed by atoms with Gasteiger partial charge in [0.1, 0.15) is 0 Å². The lowest BCUT2D eigenvalue weighted by atomic mass is 10.1. The number of nitrogens with one attached hydrogen (secondary N) is 1. The molecule has 1 atom stereocenters. The molecule has 1 aromatic rings. The van der Waals surface area contributed by atoms with Gasteiger partial charge in [-0.15, -0.1) is 0 Å². The molecule has 0 aliphatic carbocycles. The van der Waals surface area contributed by atoms with E-state index in [0.717, 1.165) is 12.1 Å². The number of hydrogen-bond donors (Lipinski definition) is 2. The number of rotatable bonds is 4. The second-order valence-corrected chi connectivity index (χ2v) is 3.79. The van der Waals surface area contributed by atoms with Crippen LogP contribution in [0.15, 0.2) is 24.3 Å². The molecule has 0 aromatic heterocycles. The van der Waals surface area contributed by atoms with Crippen LogP contribution in [0.5, 0.6) is 0 Å². The molecule has 1 amide bonds. The number of hydrogen-bond acceptors (Lipinski definition) is 2. The van der Waals surface area contributed by atoms with Gasteiger partial charge in [-0.25, -0.2) is 0 Å². The zero-order valence-corrected chi connectivity index (χ0v) is 9.21. The summed E-state index contributed by atoms with van der Waals surface area (Å²) in [5.74, 6) is -0.503. The number of carbonyl (C=O) groups excluding carboxylic acids is 1. The van der Waals surface area contributed by atoms with Gasteiger partial charge in [0.2, 0.25) is 5.91 Å². The van der Waals surface area contributed by atoms with Gasteiger partial charge in [-0.2, -0.15) is 13.2 Å². The molecule has 17 heavy (non-hydrogen) atoms. The van der Waals surface area contributed by atoms with Crippen molar-refractivity contribution in [2.75, 3.05) is 5.32 Å². The van der Waals surface area contributed by atoms with Crippen LogP contribution in [0.1, 0.15) is 18.9 Å². The largest absolute Gasteiger partial charge is 0.416 e. The van der Waals surface area contributed by atoms with Gasteiger partial charge < -0.3 is 11.1 Å². The minimum absolute atomic E-state index is 0.0657. The Kier molecular flexibility index (Phi) is 3.98. The number of halogens is 3. The summed E-state index contributed by atoms with van der Waals surface area (Å²) in [6.45, 7) is 1.67. The summed E-state index contributed by atoms with van der Waals surface area (Å²) in [6, 6.07) is 4.49. The molecule has 1 rings (SSSR count). The number of anilines is 1. The van der Waals surface area contributed by atoms with Crippen molar-refractivity contribution in [3.8, 4) is 0 Å². The van der Waals surface area contributed by atoms with E-state index in [1.165, 1.54) is 12.1 Å². The predicted molar refractivity (Wildman–Crippen MR) is 58.3 cm³/mol. The van der Waals surface area contributed by atoms with Crippen LogP contribution >= 0.6 is 0 Å². The highest BCUT2D eigenvalue weighted by atomic mass is 19.4. The average molecular weight is 246 g/mol. The van der Waals surface area contributed by atoms with Crippen LogP contribution in [0.25, 0.3) is 0 Å². The molecule has 0 saturated carbocycles. The number of alkyl halides is 3. The third-order valence-electron chi connectivity index (χ3n) is 2.11. The molecule has 0 spiro atoms. The lowest BCUT2D eigenvalue weighted by molar-refractivity contribution is -0.137. The third kappa shape index (κ3) is 4.34. The van der Waals surface area contributed by atoms with Crippen LogP contribution in [0, 0.1) is 0 Å². The monoisotopic (exact) mass is 246 g/mol. The number of amides is 1. The van der Waals surface area contributed by atoms with Crippen LogP contribution in [0.2, 0.25) is 0 Å². The molecule has 0 aliphatic heterocycles. The summed E-state index contributed by atoms with van der Waals surface area (Å²) in [5.41, 5.74) is 4.57. The van der Waals surface area contributed by atoms with Crippen molar-refractivity contribution < 1.29 is 18.0 Å². The smallest absolute Gasteiger partial charge is 0.382 e. The summed E-state index contributed by atoms with van der Waals surface area (Å²) in [6.07, 6.45) is -4.30. The van der Waals surface area contributed by atoms with E-state index >= 15 is 0 Å². The van der Waals surface area contributed by atoms with E-state index in [0.29, 0.717) is 5.69 Å². The molecule has 94 valence electrons. The van der Waals surface area contributed by atoms with Crippen molar-refractivity contribution in [2.45, 2.75) is 25.6 Å². The van der Waals surface area contributed by atoms with Gasteiger partial charge in [0.25, 0.3) is 0 Å². The van der Waals surface area contributed by atoms with Gasteiger partial charge in [0.05, 0.1) is 5.56 Å². The zero-order valence-electron chi connectivity index (χ0n) is 9.21. The highest BCUT2D eigenvalue weighted by Gasteiger charge is 2.30. The first-order valence-electron chi connectivity index (χ1n) is 5.01. The highest BCUT2D eigenvalue weighted by Crippen LogP contribution is 2.30. The molecule has 6 heteroatoms. The number of nitrogens with two attached hydrogens (primary N) is 1. The Morgan fingerprint density at radius 1 is 1.47 bits per heavy atom. The molecule has 1 unspecified atom stereocenters. The Hall–Kier alpha value is -1.72. The Morgan fingerprint density at radius 3 is 2.65 bits per heavy atom. The van der Waals surface area contributed by atoms with Crippen LogP contribution in [0.3, 0.4) is 0 Å². The molecule has 0 radical (unpaired) electrons. The van der Waals surface area contributed by atoms with E-state index in [1.54, 1.807) is 6.92 Å². The minimum atomic E-state index is -4.37. The lowest BCUT2D eigenvalue weighted by Gasteiger charge is -2.15. The minimum Gasteiger partial charge on any atom is -0.382 e. The fourth-order valence-corrected chi connectivity index (χ4v) is 1.42. The fraction of sp³-hybridized carbons (Fsp3) is 0.364. The maximum absolute atomic E-state index is 12.4. The van der Waals surface area contributed by atoms with E-state index in [4.69, 9.17) is 5.73 Å². The Labute approximate surface area is 96.8 Å². The van der Waals surface area contributed by atoms with Crippen molar-refractivity contribution in [3.05, 3.63) is 29.8 Å². The zero-order chi connectivity index (χ0) is 13.1. The number of primary amides is 1. The van der Waals surface area contributed by atoms with Crippen molar-refractivity contribution in [1.29, 1.82) is 0 Å². The molecule has 0 bridgehead atoms. The van der Waals surface area contributed by atoms with E-state index in [1.807, 2.05) is 0 Å². The molecule has 3 N–H and O–H groups in total. The molecule has 0 saturated heterocycles. The molecule has 0 aliphatic rings. The summed E-state index contributed by atoms with van der Waals surface area (Å²) in [4.78, 5) is 10.6. The van der Waals surface area contributed by atoms with Crippen molar-refractivity contribution in [1.82, 2.24) is 0 Å².